The number of likely N-dealkylation sites (tertiary alicyclic amines) is 1. The van der Waals surface area contributed by atoms with Crippen LogP contribution < -0.4 is 11.1 Å². The van der Waals surface area contributed by atoms with E-state index in [-0.39, 0.29) is 11.8 Å². The third-order valence-electron chi connectivity index (χ3n) is 2.89. The lowest BCUT2D eigenvalue weighted by molar-refractivity contribution is -0.146. The smallest absolute Gasteiger partial charge is 0.312 e. The fraction of sp³-hybridized carbons (Fsp3) is 0.700. The highest BCUT2D eigenvalue weighted by Gasteiger charge is 2.29. The molecule has 7 heteroatoms. The highest BCUT2D eigenvalue weighted by atomic mass is 16.4. The zero-order chi connectivity index (χ0) is 13.0. The number of carboxylic acids is 1. The SMILES string of the molecule is CC(NC(N)=O)C(=O)N1CCC(C(=O)O)CC1. The van der Waals surface area contributed by atoms with Gasteiger partial charge in [0.15, 0.2) is 0 Å². The summed E-state index contributed by atoms with van der Waals surface area (Å²) in [4.78, 5) is 34.7. The summed E-state index contributed by atoms with van der Waals surface area (Å²) in [5.41, 5.74) is 4.92. The van der Waals surface area contributed by atoms with Gasteiger partial charge in [-0.3, -0.25) is 9.59 Å². The fourth-order valence-electron chi connectivity index (χ4n) is 1.90. The van der Waals surface area contributed by atoms with Crippen molar-refractivity contribution in [2.75, 3.05) is 13.1 Å². The van der Waals surface area contributed by atoms with Gasteiger partial charge in [0.1, 0.15) is 6.04 Å². The van der Waals surface area contributed by atoms with Gasteiger partial charge in [-0.05, 0) is 19.8 Å². The number of nitrogens with zero attached hydrogens (tertiary/aromatic N) is 1. The largest absolute Gasteiger partial charge is 0.481 e. The van der Waals surface area contributed by atoms with E-state index in [0.29, 0.717) is 25.9 Å². The molecule has 4 N–H and O–H groups in total. The molecule has 1 saturated heterocycles. The summed E-state index contributed by atoms with van der Waals surface area (Å²) in [6.07, 6.45) is 0.898. The van der Waals surface area contributed by atoms with Gasteiger partial charge in [-0.1, -0.05) is 0 Å². The van der Waals surface area contributed by atoms with Crippen molar-refractivity contribution in [1.29, 1.82) is 0 Å². The molecule has 7 nitrogen and oxygen atoms in total. The Morgan fingerprint density at radius 3 is 2.29 bits per heavy atom. The second kappa shape index (κ2) is 5.51. The lowest BCUT2D eigenvalue weighted by atomic mass is 9.97. The van der Waals surface area contributed by atoms with Gasteiger partial charge in [-0.2, -0.15) is 0 Å². The molecule has 1 atom stereocenters. The third-order valence-corrected chi connectivity index (χ3v) is 2.89. The Labute approximate surface area is 98.9 Å². The third kappa shape index (κ3) is 3.61. The molecule has 1 aliphatic rings. The van der Waals surface area contributed by atoms with Gasteiger partial charge >= 0.3 is 12.0 Å². The van der Waals surface area contributed by atoms with Crippen LogP contribution in [0.1, 0.15) is 19.8 Å². The van der Waals surface area contributed by atoms with Crippen LogP contribution in [-0.4, -0.2) is 47.0 Å². The highest BCUT2D eigenvalue weighted by molar-refractivity contribution is 5.86. The van der Waals surface area contributed by atoms with Crippen LogP contribution in [0.2, 0.25) is 0 Å². The van der Waals surface area contributed by atoms with Gasteiger partial charge in [0, 0.05) is 13.1 Å². The van der Waals surface area contributed by atoms with E-state index in [2.05, 4.69) is 5.32 Å². The number of hydrogen-bond acceptors (Lipinski definition) is 3. The molecule has 1 fully saturated rings. The molecule has 0 aliphatic carbocycles. The molecule has 0 radical (unpaired) electrons. The van der Waals surface area contributed by atoms with Gasteiger partial charge in [0.05, 0.1) is 5.92 Å². The highest BCUT2D eigenvalue weighted by Crippen LogP contribution is 2.17. The number of urea groups is 1. The van der Waals surface area contributed by atoms with E-state index in [9.17, 15) is 14.4 Å². The molecule has 0 aromatic heterocycles. The molecule has 0 spiro atoms. The van der Waals surface area contributed by atoms with Crippen molar-refractivity contribution in [3.8, 4) is 0 Å². The minimum Gasteiger partial charge on any atom is -0.481 e. The Hall–Kier alpha value is -1.79. The van der Waals surface area contributed by atoms with Crippen LogP contribution in [-0.2, 0) is 9.59 Å². The number of rotatable bonds is 3. The Morgan fingerprint density at radius 1 is 1.35 bits per heavy atom. The first-order valence-corrected chi connectivity index (χ1v) is 5.49. The Kier molecular flexibility index (Phi) is 4.30. The normalized spacial score (nSPS) is 18.5. The lowest BCUT2D eigenvalue weighted by Crippen LogP contribution is -2.50. The summed E-state index contributed by atoms with van der Waals surface area (Å²) in [5.74, 6) is -1.42. The second-order valence-electron chi connectivity index (χ2n) is 4.17. The number of nitrogens with two attached hydrogens (primary N) is 1. The second-order valence-corrected chi connectivity index (χ2v) is 4.17. The summed E-state index contributed by atoms with van der Waals surface area (Å²) in [5, 5.41) is 11.1. The van der Waals surface area contributed by atoms with Crippen LogP contribution in [0, 0.1) is 5.92 Å². The molecule has 0 saturated carbocycles. The zero-order valence-electron chi connectivity index (χ0n) is 9.68. The minimum atomic E-state index is -0.819. The van der Waals surface area contributed by atoms with E-state index < -0.39 is 18.0 Å². The number of carbonyl (C=O) groups excluding carboxylic acids is 2. The first-order valence-electron chi connectivity index (χ1n) is 5.49. The molecule has 0 aromatic rings. The van der Waals surface area contributed by atoms with Crippen molar-refractivity contribution in [2.45, 2.75) is 25.8 Å². The molecule has 1 unspecified atom stereocenters. The first-order chi connectivity index (χ1) is 7.91. The predicted molar refractivity (Wildman–Crippen MR) is 59.1 cm³/mol. The van der Waals surface area contributed by atoms with E-state index in [4.69, 9.17) is 10.8 Å². The van der Waals surface area contributed by atoms with Gasteiger partial charge in [-0.15, -0.1) is 0 Å². The predicted octanol–water partition coefficient (Wildman–Crippen LogP) is -0.634. The number of hydrogen-bond donors (Lipinski definition) is 3. The van der Waals surface area contributed by atoms with E-state index in [1.807, 2.05) is 0 Å². The topological polar surface area (TPSA) is 113 Å². The van der Waals surface area contributed by atoms with Gasteiger partial charge < -0.3 is 21.1 Å². The number of carbonyl (C=O) groups is 3. The zero-order valence-corrected chi connectivity index (χ0v) is 9.68. The maximum absolute atomic E-state index is 11.8. The fourth-order valence-corrected chi connectivity index (χ4v) is 1.90. The van der Waals surface area contributed by atoms with Crippen LogP contribution in [0.15, 0.2) is 0 Å². The van der Waals surface area contributed by atoms with E-state index in [1.165, 1.54) is 0 Å². The van der Waals surface area contributed by atoms with Gasteiger partial charge in [-0.25, -0.2) is 4.79 Å². The number of amides is 3. The monoisotopic (exact) mass is 243 g/mol. The quantitative estimate of drug-likeness (QED) is 0.612. The molecular formula is C10H17N3O4. The number of primary amides is 1. The standard InChI is InChI=1S/C10H17N3O4/c1-6(12-10(11)17)8(14)13-4-2-7(3-5-13)9(15)16/h6-7H,2-5H2,1H3,(H,15,16)(H3,11,12,17). The van der Waals surface area contributed by atoms with Crippen LogP contribution in [0.4, 0.5) is 4.79 Å². The van der Waals surface area contributed by atoms with Crippen LogP contribution in [0.25, 0.3) is 0 Å². The van der Waals surface area contributed by atoms with E-state index >= 15 is 0 Å². The summed E-state index contributed by atoms with van der Waals surface area (Å²) in [6.45, 7) is 2.36. The van der Waals surface area contributed by atoms with Crippen molar-refractivity contribution in [2.24, 2.45) is 11.7 Å². The summed E-state index contributed by atoms with van der Waals surface area (Å²) in [6, 6.07) is -1.42. The van der Waals surface area contributed by atoms with Crippen molar-refractivity contribution in [1.82, 2.24) is 10.2 Å². The molecule has 1 aliphatic heterocycles. The van der Waals surface area contributed by atoms with E-state index in [1.54, 1.807) is 11.8 Å². The average Bonchev–Trinajstić information content (AvgIpc) is 2.27. The lowest BCUT2D eigenvalue weighted by Gasteiger charge is -2.31. The van der Waals surface area contributed by atoms with Crippen LogP contribution in [0.5, 0.6) is 0 Å². The molecule has 0 aromatic carbocycles. The molecule has 1 rings (SSSR count). The Morgan fingerprint density at radius 2 is 1.88 bits per heavy atom. The van der Waals surface area contributed by atoms with E-state index in [0.717, 1.165) is 0 Å². The van der Waals surface area contributed by atoms with Crippen molar-refractivity contribution in [3.63, 3.8) is 0 Å². The van der Waals surface area contributed by atoms with Gasteiger partial charge in [0.2, 0.25) is 5.91 Å². The number of piperidine rings is 1. The number of carboxylic acid groups (broad SMARTS) is 1. The van der Waals surface area contributed by atoms with Gasteiger partial charge in [0.25, 0.3) is 0 Å². The molecule has 96 valence electrons. The summed E-state index contributed by atoms with van der Waals surface area (Å²) < 4.78 is 0. The first kappa shape index (κ1) is 13.3. The summed E-state index contributed by atoms with van der Waals surface area (Å²) in [7, 11) is 0. The molecular weight excluding hydrogens is 226 g/mol. The molecule has 0 bridgehead atoms. The van der Waals surface area contributed by atoms with Crippen molar-refractivity contribution >= 4 is 17.9 Å². The van der Waals surface area contributed by atoms with Crippen molar-refractivity contribution < 1.29 is 19.5 Å². The maximum Gasteiger partial charge on any atom is 0.312 e. The average molecular weight is 243 g/mol. The van der Waals surface area contributed by atoms with Crippen LogP contribution in [0.3, 0.4) is 0 Å². The Balaban J connectivity index is 2.45. The number of nitrogens with one attached hydrogen (secondary N) is 1. The Bertz CT molecular complexity index is 324. The molecule has 3 amide bonds. The maximum atomic E-state index is 11.8. The van der Waals surface area contributed by atoms with Crippen molar-refractivity contribution in [3.05, 3.63) is 0 Å². The molecule has 1 heterocycles. The van der Waals surface area contributed by atoms with Crippen LogP contribution >= 0.6 is 0 Å². The minimum absolute atomic E-state index is 0.229. The summed E-state index contributed by atoms with van der Waals surface area (Å²) >= 11 is 0. The number of aliphatic carboxylic acids is 1. The molecule has 17 heavy (non-hydrogen) atoms.